The first-order chi connectivity index (χ1) is 10.1. The number of hydrogen-bond donors (Lipinski definition) is 1. The average molecular weight is 291 g/mol. The number of ether oxygens (including phenoxy) is 2. The third kappa shape index (κ3) is 5.68. The molecule has 1 aromatic carbocycles. The molecule has 3 heteroatoms. The maximum atomic E-state index is 5.75. The molecule has 1 fully saturated rings. The van der Waals surface area contributed by atoms with Gasteiger partial charge in [0.1, 0.15) is 5.75 Å². The van der Waals surface area contributed by atoms with Crippen LogP contribution in [0.25, 0.3) is 0 Å². The van der Waals surface area contributed by atoms with Crippen LogP contribution in [0.4, 0.5) is 0 Å². The van der Waals surface area contributed by atoms with Crippen molar-refractivity contribution in [1.29, 1.82) is 0 Å². The molecule has 1 atom stereocenters. The molecular formula is C18H29NO2. The van der Waals surface area contributed by atoms with E-state index in [0.29, 0.717) is 5.92 Å². The Hall–Kier alpha value is -1.06. The SMILES string of the molecule is CC(C)CCOc1ccc(CNC2(C)CCCOC2)cc1. The van der Waals surface area contributed by atoms with E-state index in [1.165, 1.54) is 12.0 Å². The van der Waals surface area contributed by atoms with Gasteiger partial charge in [0.05, 0.1) is 13.2 Å². The topological polar surface area (TPSA) is 30.5 Å². The van der Waals surface area contributed by atoms with Crippen LogP contribution >= 0.6 is 0 Å². The van der Waals surface area contributed by atoms with Gasteiger partial charge in [-0.2, -0.15) is 0 Å². The average Bonchev–Trinajstić information content (AvgIpc) is 2.47. The molecule has 1 heterocycles. The van der Waals surface area contributed by atoms with Gasteiger partial charge < -0.3 is 14.8 Å². The Balaban J connectivity index is 1.76. The van der Waals surface area contributed by atoms with E-state index in [0.717, 1.165) is 45.0 Å². The molecule has 1 aromatic rings. The maximum Gasteiger partial charge on any atom is 0.119 e. The van der Waals surface area contributed by atoms with Crippen LogP contribution in [0, 0.1) is 5.92 Å². The summed E-state index contributed by atoms with van der Waals surface area (Å²) in [4.78, 5) is 0. The van der Waals surface area contributed by atoms with Crippen LogP contribution in [0.1, 0.15) is 45.6 Å². The zero-order chi connectivity index (χ0) is 15.1. The second kappa shape index (κ2) is 7.81. The molecule has 0 aromatic heterocycles. The first-order valence-corrected chi connectivity index (χ1v) is 8.12. The summed E-state index contributed by atoms with van der Waals surface area (Å²) in [6.07, 6.45) is 3.43. The normalized spacial score (nSPS) is 22.5. The minimum Gasteiger partial charge on any atom is -0.494 e. The molecule has 118 valence electrons. The quantitative estimate of drug-likeness (QED) is 0.829. The van der Waals surface area contributed by atoms with Crippen molar-refractivity contribution in [3.05, 3.63) is 29.8 Å². The number of benzene rings is 1. The standard InChI is InChI=1S/C18H29NO2/c1-15(2)9-12-21-17-7-5-16(6-8-17)13-19-18(3)10-4-11-20-14-18/h5-8,15,19H,4,9-14H2,1-3H3. The van der Waals surface area contributed by atoms with Gasteiger partial charge in [-0.3, -0.25) is 0 Å². The first-order valence-electron chi connectivity index (χ1n) is 8.12. The fraction of sp³-hybridized carbons (Fsp3) is 0.667. The predicted octanol–water partition coefficient (Wildman–Crippen LogP) is 3.77. The fourth-order valence-corrected chi connectivity index (χ4v) is 2.50. The zero-order valence-electron chi connectivity index (χ0n) is 13.7. The summed E-state index contributed by atoms with van der Waals surface area (Å²) in [7, 11) is 0. The monoisotopic (exact) mass is 291 g/mol. The minimum absolute atomic E-state index is 0.116. The van der Waals surface area contributed by atoms with E-state index in [9.17, 15) is 0 Å². The molecule has 21 heavy (non-hydrogen) atoms. The van der Waals surface area contributed by atoms with E-state index in [1.807, 2.05) is 0 Å². The molecule has 0 saturated carbocycles. The molecule has 1 N–H and O–H groups in total. The van der Waals surface area contributed by atoms with Crippen molar-refractivity contribution in [3.63, 3.8) is 0 Å². The Bertz CT molecular complexity index is 408. The van der Waals surface area contributed by atoms with Gasteiger partial charge in [0.2, 0.25) is 0 Å². The van der Waals surface area contributed by atoms with E-state index in [1.54, 1.807) is 0 Å². The van der Waals surface area contributed by atoms with Crippen molar-refractivity contribution in [1.82, 2.24) is 5.32 Å². The van der Waals surface area contributed by atoms with Crippen molar-refractivity contribution < 1.29 is 9.47 Å². The lowest BCUT2D eigenvalue weighted by molar-refractivity contribution is 0.0278. The lowest BCUT2D eigenvalue weighted by atomic mass is 9.94. The molecule has 0 aliphatic carbocycles. The van der Waals surface area contributed by atoms with Crippen LogP contribution in [0.3, 0.4) is 0 Å². The maximum absolute atomic E-state index is 5.75. The van der Waals surface area contributed by atoms with Crippen molar-refractivity contribution in [2.24, 2.45) is 5.92 Å². The van der Waals surface area contributed by atoms with Gasteiger partial charge in [0.15, 0.2) is 0 Å². The van der Waals surface area contributed by atoms with Gasteiger partial charge in [-0.15, -0.1) is 0 Å². The van der Waals surface area contributed by atoms with Crippen LogP contribution in [-0.4, -0.2) is 25.4 Å². The number of nitrogens with one attached hydrogen (secondary N) is 1. The molecule has 1 aliphatic heterocycles. The van der Waals surface area contributed by atoms with Gasteiger partial charge in [0, 0.05) is 18.7 Å². The highest BCUT2D eigenvalue weighted by Gasteiger charge is 2.26. The van der Waals surface area contributed by atoms with E-state index >= 15 is 0 Å². The largest absolute Gasteiger partial charge is 0.494 e. The summed E-state index contributed by atoms with van der Waals surface area (Å²) in [6, 6.07) is 8.42. The molecule has 2 rings (SSSR count). The lowest BCUT2D eigenvalue weighted by Crippen LogP contribution is -2.48. The van der Waals surface area contributed by atoms with Gasteiger partial charge in [-0.25, -0.2) is 0 Å². The lowest BCUT2D eigenvalue weighted by Gasteiger charge is -2.34. The minimum atomic E-state index is 0.116. The summed E-state index contributed by atoms with van der Waals surface area (Å²) in [6.45, 7) is 10.1. The van der Waals surface area contributed by atoms with Crippen LogP contribution in [0.15, 0.2) is 24.3 Å². The summed E-state index contributed by atoms with van der Waals surface area (Å²) in [5.74, 6) is 1.65. The summed E-state index contributed by atoms with van der Waals surface area (Å²) in [5.41, 5.74) is 1.41. The molecule has 1 aliphatic rings. The Labute approximate surface area is 129 Å². The molecule has 0 amide bonds. The van der Waals surface area contributed by atoms with E-state index in [2.05, 4.69) is 50.4 Å². The van der Waals surface area contributed by atoms with Gasteiger partial charge in [-0.05, 0) is 49.8 Å². The first kappa shape index (κ1) is 16.3. The van der Waals surface area contributed by atoms with Gasteiger partial charge >= 0.3 is 0 Å². The second-order valence-electron chi connectivity index (χ2n) is 6.75. The van der Waals surface area contributed by atoms with E-state index < -0.39 is 0 Å². The fourth-order valence-electron chi connectivity index (χ4n) is 2.50. The zero-order valence-corrected chi connectivity index (χ0v) is 13.7. The Morgan fingerprint density at radius 3 is 2.67 bits per heavy atom. The molecule has 0 bridgehead atoms. The number of hydrogen-bond acceptors (Lipinski definition) is 3. The summed E-state index contributed by atoms with van der Waals surface area (Å²) in [5, 5.41) is 3.63. The smallest absolute Gasteiger partial charge is 0.119 e. The van der Waals surface area contributed by atoms with Crippen LogP contribution in [0.2, 0.25) is 0 Å². The van der Waals surface area contributed by atoms with Gasteiger partial charge in [-0.1, -0.05) is 26.0 Å². The highest BCUT2D eigenvalue weighted by atomic mass is 16.5. The molecule has 1 unspecified atom stereocenters. The molecule has 3 nitrogen and oxygen atoms in total. The van der Waals surface area contributed by atoms with Crippen molar-refractivity contribution in [2.45, 2.75) is 52.1 Å². The van der Waals surface area contributed by atoms with Crippen molar-refractivity contribution in [2.75, 3.05) is 19.8 Å². The molecule has 0 radical (unpaired) electrons. The highest BCUT2D eigenvalue weighted by Crippen LogP contribution is 2.19. The van der Waals surface area contributed by atoms with E-state index in [-0.39, 0.29) is 5.54 Å². The molecular weight excluding hydrogens is 262 g/mol. The molecule has 0 spiro atoms. The van der Waals surface area contributed by atoms with E-state index in [4.69, 9.17) is 9.47 Å². The summed E-state index contributed by atoms with van der Waals surface area (Å²) >= 11 is 0. The Kier molecular flexibility index (Phi) is 6.07. The van der Waals surface area contributed by atoms with Crippen molar-refractivity contribution >= 4 is 0 Å². The van der Waals surface area contributed by atoms with Crippen LogP contribution < -0.4 is 10.1 Å². The van der Waals surface area contributed by atoms with Crippen LogP contribution in [0.5, 0.6) is 5.75 Å². The number of rotatable bonds is 7. The Morgan fingerprint density at radius 2 is 2.05 bits per heavy atom. The second-order valence-corrected chi connectivity index (χ2v) is 6.75. The molecule has 1 saturated heterocycles. The van der Waals surface area contributed by atoms with Crippen LogP contribution in [-0.2, 0) is 11.3 Å². The van der Waals surface area contributed by atoms with Gasteiger partial charge in [0.25, 0.3) is 0 Å². The predicted molar refractivity (Wildman–Crippen MR) is 86.7 cm³/mol. The third-order valence-electron chi connectivity index (χ3n) is 4.04. The summed E-state index contributed by atoms with van der Waals surface area (Å²) < 4.78 is 11.3. The highest BCUT2D eigenvalue weighted by molar-refractivity contribution is 5.27. The Morgan fingerprint density at radius 1 is 1.29 bits per heavy atom. The van der Waals surface area contributed by atoms with Crippen molar-refractivity contribution in [3.8, 4) is 5.75 Å². The third-order valence-corrected chi connectivity index (χ3v) is 4.04.